The van der Waals surface area contributed by atoms with Gasteiger partial charge in [-0.1, -0.05) is 13.8 Å². The molecule has 0 amide bonds. The number of carbonyl (C=O) groups is 1. The van der Waals surface area contributed by atoms with Crippen molar-refractivity contribution >= 4 is 5.97 Å². The van der Waals surface area contributed by atoms with Crippen molar-refractivity contribution in [3.8, 4) is 0 Å². The first-order valence-electron chi connectivity index (χ1n) is 6.53. The molecule has 1 aliphatic heterocycles. The molecule has 1 rings (SSSR count). The Morgan fingerprint density at radius 2 is 1.94 bits per heavy atom. The fraction of sp³-hybridized carbons (Fsp3) is 0.923. The Morgan fingerprint density at radius 1 is 1.33 bits per heavy atom. The minimum atomic E-state index is -1.23. The summed E-state index contributed by atoms with van der Waals surface area (Å²) in [6.07, 6.45) is 0.790. The fourth-order valence-corrected chi connectivity index (χ4v) is 1.71. The van der Waals surface area contributed by atoms with Crippen molar-refractivity contribution in [2.24, 2.45) is 0 Å². The summed E-state index contributed by atoms with van der Waals surface area (Å²) < 4.78 is 15.9. The Morgan fingerprint density at radius 3 is 2.44 bits per heavy atom. The van der Waals surface area contributed by atoms with Crippen LogP contribution in [-0.2, 0) is 19.0 Å². The molecule has 2 atom stereocenters. The number of esters is 1. The van der Waals surface area contributed by atoms with E-state index in [0.717, 1.165) is 6.42 Å². The molecule has 18 heavy (non-hydrogen) atoms. The fourth-order valence-electron chi connectivity index (χ4n) is 1.71. The Bertz CT molecular complexity index is 234. The lowest BCUT2D eigenvalue weighted by Crippen LogP contribution is -2.41. The van der Waals surface area contributed by atoms with E-state index >= 15 is 0 Å². The van der Waals surface area contributed by atoms with Gasteiger partial charge in [0, 0.05) is 13.5 Å². The maximum atomic E-state index is 10.9. The van der Waals surface area contributed by atoms with Gasteiger partial charge in [0.1, 0.15) is 6.10 Å². The summed E-state index contributed by atoms with van der Waals surface area (Å²) in [6, 6.07) is 0. The molecule has 0 aromatic heterocycles. The number of rotatable bonds is 3. The molecule has 0 aromatic rings. The van der Waals surface area contributed by atoms with Crippen molar-refractivity contribution in [3.63, 3.8) is 0 Å². The van der Waals surface area contributed by atoms with Crippen LogP contribution >= 0.6 is 0 Å². The molecule has 1 heterocycles. The van der Waals surface area contributed by atoms with Gasteiger partial charge in [0.2, 0.25) is 0 Å². The second kappa shape index (κ2) is 8.45. The van der Waals surface area contributed by atoms with Gasteiger partial charge >= 0.3 is 5.97 Å². The predicted octanol–water partition coefficient (Wildman–Crippen LogP) is 1.87. The Kier molecular flexibility index (Phi) is 8.15. The zero-order chi connectivity index (χ0) is 14.2. The van der Waals surface area contributed by atoms with E-state index in [4.69, 9.17) is 14.2 Å². The van der Waals surface area contributed by atoms with Gasteiger partial charge < -0.3 is 19.3 Å². The van der Waals surface area contributed by atoms with Crippen LogP contribution in [0.5, 0.6) is 0 Å². The van der Waals surface area contributed by atoms with E-state index in [2.05, 4.69) is 0 Å². The lowest BCUT2D eigenvalue weighted by Gasteiger charge is -2.30. The Balaban J connectivity index is 0.00000137. The molecule has 1 saturated heterocycles. The van der Waals surface area contributed by atoms with Gasteiger partial charge in [-0.2, -0.15) is 0 Å². The largest absolute Gasteiger partial charge is 0.457 e. The lowest BCUT2D eigenvalue weighted by molar-refractivity contribution is -0.231. The van der Waals surface area contributed by atoms with Crippen molar-refractivity contribution in [2.45, 2.75) is 65.5 Å². The highest BCUT2D eigenvalue weighted by Crippen LogP contribution is 2.20. The number of aliphatic hydroxyl groups is 1. The van der Waals surface area contributed by atoms with Gasteiger partial charge in [0.15, 0.2) is 11.9 Å². The van der Waals surface area contributed by atoms with E-state index in [0.29, 0.717) is 19.6 Å². The molecule has 1 fully saturated rings. The first-order chi connectivity index (χ1) is 8.38. The van der Waals surface area contributed by atoms with Crippen molar-refractivity contribution in [1.29, 1.82) is 0 Å². The Hall–Kier alpha value is -0.650. The maximum Gasteiger partial charge on any atom is 0.303 e. The Labute approximate surface area is 109 Å². The van der Waals surface area contributed by atoms with Crippen LogP contribution in [0.4, 0.5) is 0 Å². The third-order valence-electron chi connectivity index (χ3n) is 2.23. The van der Waals surface area contributed by atoms with Crippen LogP contribution in [0.25, 0.3) is 0 Å². The molecule has 0 aromatic carbocycles. The molecule has 0 aliphatic carbocycles. The van der Waals surface area contributed by atoms with E-state index in [1.54, 1.807) is 13.8 Å². The highest BCUT2D eigenvalue weighted by atomic mass is 16.6. The molecular weight excluding hydrogens is 236 g/mol. The van der Waals surface area contributed by atoms with E-state index in [9.17, 15) is 9.90 Å². The van der Waals surface area contributed by atoms with Crippen LogP contribution < -0.4 is 0 Å². The normalized spacial score (nSPS) is 24.6. The van der Waals surface area contributed by atoms with Crippen LogP contribution in [0.2, 0.25) is 0 Å². The summed E-state index contributed by atoms with van der Waals surface area (Å²) in [5.41, 5.74) is 0. The molecule has 0 saturated carbocycles. The number of hydrogen-bond donors (Lipinski definition) is 1. The summed E-state index contributed by atoms with van der Waals surface area (Å²) in [6.45, 7) is 9.42. The van der Waals surface area contributed by atoms with Crippen molar-refractivity contribution in [3.05, 3.63) is 0 Å². The predicted molar refractivity (Wildman–Crippen MR) is 68.1 cm³/mol. The minimum absolute atomic E-state index is 0.314. The molecule has 0 bridgehead atoms. The lowest BCUT2D eigenvalue weighted by atomic mass is 10.1. The summed E-state index contributed by atoms with van der Waals surface area (Å²) in [4.78, 5) is 10.9. The number of ether oxygens (including phenoxy) is 3. The minimum Gasteiger partial charge on any atom is -0.457 e. The molecule has 0 unspecified atom stereocenters. The first-order valence-corrected chi connectivity index (χ1v) is 6.53. The zero-order valence-electron chi connectivity index (χ0n) is 12.1. The second-order valence-corrected chi connectivity index (χ2v) is 4.47. The molecule has 0 spiro atoms. The highest BCUT2D eigenvalue weighted by Gasteiger charge is 2.31. The van der Waals surface area contributed by atoms with Crippen LogP contribution in [0, 0.1) is 0 Å². The summed E-state index contributed by atoms with van der Waals surface area (Å²) in [7, 11) is 0. The van der Waals surface area contributed by atoms with Crippen LogP contribution in [0.3, 0.4) is 0 Å². The average molecular weight is 262 g/mol. The zero-order valence-corrected chi connectivity index (χ0v) is 12.1. The smallest absolute Gasteiger partial charge is 0.303 e. The van der Waals surface area contributed by atoms with Gasteiger partial charge in [-0.25, -0.2) is 0 Å². The number of carbonyl (C=O) groups excluding carboxylic acids is 1. The molecule has 1 aliphatic rings. The van der Waals surface area contributed by atoms with Crippen molar-refractivity contribution in [2.75, 3.05) is 13.2 Å². The topological polar surface area (TPSA) is 65.0 Å². The second-order valence-electron chi connectivity index (χ2n) is 4.47. The van der Waals surface area contributed by atoms with E-state index in [1.807, 2.05) is 13.8 Å². The summed E-state index contributed by atoms with van der Waals surface area (Å²) >= 11 is 0. The van der Waals surface area contributed by atoms with E-state index < -0.39 is 11.9 Å². The quantitative estimate of drug-likeness (QED) is 0.621. The third-order valence-corrected chi connectivity index (χ3v) is 2.23. The maximum absolute atomic E-state index is 10.9. The van der Waals surface area contributed by atoms with Gasteiger partial charge in [0.05, 0.1) is 6.61 Å². The molecule has 5 nitrogen and oxygen atoms in total. The van der Waals surface area contributed by atoms with Crippen molar-refractivity contribution < 1.29 is 24.1 Å². The standard InChI is InChI=1S/C11H20O5.C2H6/c1-8(12)15-10-7-14-6-4-5-9(10)16-11(2,3)13;1-2/h9-10,13H,4-7H2,1-3H3;1-2H3/t9-,10+;/m0./s1. The van der Waals surface area contributed by atoms with Crippen LogP contribution in [0.1, 0.15) is 47.5 Å². The molecule has 0 radical (unpaired) electrons. The van der Waals surface area contributed by atoms with Gasteiger partial charge in [-0.15, -0.1) is 0 Å². The van der Waals surface area contributed by atoms with Crippen molar-refractivity contribution in [1.82, 2.24) is 0 Å². The third kappa shape index (κ3) is 7.63. The molecular formula is C13H26O5. The molecule has 108 valence electrons. The van der Waals surface area contributed by atoms with Gasteiger partial charge in [0.25, 0.3) is 0 Å². The van der Waals surface area contributed by atoms with Crippen LogP contribution in [-0.4, -0.2) is 42.3 Å². The molecule has 1 N–H and O–H groups in total. The van der Waals surface area contributed by atoms with Gasteiger partial charge in [-0.05, 0) is 26.7 Å². The van der Waals surface area contributed by atoms with E-state index in [1.165, 1.54) is 6.92 Å². The van der Waals surface area contributed by atoms with Gasteiger partial charge in [-0.3, -0.25) is 4.79 Å². The number of hydrogen-bond acceptors (Lipinski definition) is 5. The average Bonchev–Trinajstić information content (AvgIpc) is 2.45. The van der Waals surface area contributed by atoms with E-state index in [-0.39, 0.29) is 12.1 Å². The summed E-state index contributed by atoms with van der Waals surface area (Å²) in [5, 5.41) is 9.61. The van der Waals surface area contributed by atoms with Crippen LogP contribution in [0.15, 0.2) is 0 Å². The SMILES string of the molecule is CC.CC(=O)O[C@@H]1COCCC[C@@H]1OC(C)(C)O. The summed E-state index contributed by atoms with van der Waals surface area (Å²) in [5.74, 6) is -1.59. The first kappa shape index (κ1) is 17.4. The highest BCUT2D eigenvalue weighted by molar-refractivity contribution is 5.66. The monoisotopic (exact) mass is 262 g/mol. The molecule has 5 heteroatoms.